The van der Waals surface area contributed by atoms with Crippen molar-refractivity contribution in [3.05, 3.63) is 12.1 Å². The lowest BCUT2D eigenvalue weighted by Gasteiger charge is -2.45. The quantitative estimate of drug-likeness (QED) is 0.855. The van der Waals surface area contributed by atoms with Gasteiger partial charge >= 0.3 is 6.09 Å². The molecular weight excluding hydrogens is 348 g/mol. The molecule has 1 aromatic heterocycles. The molecule has 0 spiro atoms. The molecule has 4 rings (SSSR count). The summed E-state index contributed by atoms with van der Waals surface area (Å²) >= 11 is 0. The van der Waals surface area contributed by atoms with Gasteiger partial charge in [-0.2, -0.15) is 4.98 Å². The van der Waals surface area contributed by atoms with Gasteiger partial charge < -0.3 is 24.6 Å². The van der Waals surface area contributed by atoms with Crippen molar-refractivity contribution in [2.75, 3.05) is 36.5 Å². The number of piperazine rings is 1. The number of rotatable bonds is 2. The first-order valence-electron chi connectivity index (χ1n) is 9.49. The molecule has 1 atom stereocenters. The number of anilines is 2. The van der Waals surface area contributed by atoms with E-state index in [-0.39, 0.29) is 24.0 Å². The van der Waals surface area contributed by atoms with Crippen LogP contribution in [0.4, 0.5) is 16.3 Å². The predicted octanol–water partition coefficient (Wildman–Crippen LogP) is 2.25. The number of pyridine rings is 1. The molecule has 3 aliphatic rings. The molecule has 0 unspecified atom stereocenters. The highest BCUT2D eigenvalue weighted by molar-refractivity contribution is 5.93. The minimum atomic E-state index is -0.505. The Morgan fingerprint density at radius 3 is 2.74 bits per heavy atom. The molecule has 3 heterocycles. The van der Waals surface area contributed by atoms with E-state index in [1.807, 2.05) is 32.9 Å². The summed E-state index contributed by atoms with van der Waals surface area (Å²) in [6, 6.07) is 3.80. The van der Waals surface area contributed by atoms with Gasteiger partial charge in [-0.05, 0) is 45.7 Å². The number of amides is 2. The molecule has 146 valence electrons. The van der Waals surface area contributed by atoms with E-state index in [1.165, 1.54) is 0 Å². The van der Waals surface area contributed by atoms with Crippen LogP contribution in [0.15, 0.2) is 12.1 Å². The van der Waals surface area contributed by atoms with E-state index in [4.69, 9.17) is 9.47 Å². The van der Waals surface area contributed by atoms with Crippen molar-refractivity contribution in [3.63, 3.8) is 0 Å². The number of nitrogens with zero attached hydrogens (tertiary/aromatic N) is 3. The van der Waals surface area contributed by atoms with E-state index in [9.17, 15) is 9.59 Å². The van der Waals surface area contributed by atoms with Crippen molar-refractivity contribution in [1.29, 1.82) is 0 Å². The topological polar surface area (TPSA) is 84.0 Å². The third kappa shape index (κ3) is 3.94. The fraction of sp³-hybridized carbons (Fsp3) is 0.632. The number of hydrogen-bond donors (Lipinski definition) is 1. The number of ether oxygens (including phenoxy) is 2. The highest BCUT2D eigenvalue weighted by atomic mass is 16.6. The zero-order chi connectivity index (χ0) is 19.2. The molecule has 2 fully saturated rings. The fourth-order valence-electron chi connectivity index (χ4n) is 3.38. The zero-order valence-electron chi connectivity index (χ0n) is 16.0. The highest BCUT2D eigenvalue weighted by Gasteiger charge is 2.37. The summed E-state index contributed by atoms with van der Waals surface area (Å²) in [5.41, 5.74) is 0.397. The second-order valence-corrected chi connectivity index (χ2v) is 8.37. The molecule has 1 saturated heterocycles. The molecule has 8 heteroatoms. The minimum absolute atomic E-state index is 0.0297. The molecule has 0 bridgehead atoms. The third-order valence-electron chi connectivity index (χ3n) is 4.90. The first-order chi connectivity index (χ1) is 12.8. The summed E-state index contributed by atoms with van der Waals surface area (Å²) in [5, 5.41) is 2.85. The fourth-order valence-corrected chi connectivity index (χ4v) is 3.38. The van der Waals surface area contributed by atoms with Gasteiger partial charge in [0, 0.05) is 25.6 Å². The van der Waals surface area contributed by atoms with Gasteiger partial charge in [0.25, 0.3) is 0 Å². The molecule has 8 nitrogen and oxygen atoms in total. The number of hydrogen-bond acceptors (Lipinski definition) is 6. The van der Waals surface area contributed by atoms with Crippen molar-refractivity contribution < 1.29 is 19.1 Å². The lowest BCUT2D eigenvalue weighted by atomic mass is 10.1. The molecule has 1 aromatic rings. The van der Waals surface area contributed by atoms with E-state index in [1.54, 1.807) is 4.90 Å². The van der Waals surface area contributed by atoms with Crippen LogP contribution in [-0.4, -0.2) is 59.8 Å². The van der Waals surface area contributed by atoms with Crippen LogP contribution in [0.1, 0.15) is 33.6 Å². The molecule has 0 radical (unpaired) electrons. The lowest BCUT2D eigenvalue weighted by molar-refractivity contribution is -0.117. The molecule has 27 heavy (non-hydrogen) atoms. The SMILES string of the molecule is CC(C)(C)OC(=O)N1CCN2c3ccc(NC(=O)C4CC4)nc3OC[C@H]2C1. The number of aromatic nitrogens is 1. The van der Waals surface area contributed by atoms with Crippen LogP contribution in [0.2, 0.25) is 0 Å². The number of fused-ring (bicyclic) bond motifs is 3. The van der Waals surface area contributed by atoms with Gasteiger partial charge in [0.05, 0.1) is 6.04 Å². The number of nitrogens with one attached hydrogen (secondary N) is 1. The molecule has 1 aliphatic carbocycles. The molecule has 2 aliphatic heterocycles. The first-order valence-corrected chi connectivity index (χ1v) is 9.49. The largest absolute Gasteiger partial charge is 0.474 e. The number of carbonyl (C=O) groups excluding carboxylic acids is 2. The van der Waals surface area contributed by atoms with Gasteiger partial charge in [-0.1, -0.05) is 0 Å². The van der Waals surface area contributed by atoms with E-state index in [0.717, 1.165) is 18.5 Å². The summed E-state index contributed by atoms with van der Waals surface area (Å²) in [4.78, 5) is 32.7. The summed E-state index contributed by atoms with van der Waals surface area (Å²) < 4.78 is 11.3. The molecule has 1 N–H and O–H groups in total. The molecule has 1 saturated carbocycles. The van der Waals surface area contributed by atoms with E-state index >= 15 is 0 Å². The van der Waals surface area contributed by atoms with Gasteiger partial charge in [-0.15, -0.1) is 0 Å². The summed E-state index contributed by atoms with van der Waals surface area (Å²) in [6.07, 6.45) is 1.62. The predicted molar refractivity (Wildman–Crippen MR) is 100 cm³/mol. The smallest absolute Gasteiger partial charge is 0.410 e. The summed E-state index contributed by atoms with van der Waals surface area (Å²) in [7, 11) is 0. The zero-order valence-corrected chi connectivity index (χ0v) is 16.0. The second-order valence-electron chi connectivity index (χ2n) is 8.37. The van der Waals surface area contributed by atoms with E-state index in [2.05, 4.69) is 15.2 Å². The Morgan fingerprint density at radius 2 is 2.04 bits per heavy atom. The van der Waals surface area contributed by atoms with Crippen molar-refractivity contribution in [3.8, 4) is 5.88 Å². The van der Waals surface area contributed by atoms with Crippen LogP contribution in [0.25, 0.3) is 0 Å². The first kappa shape index (κ1) is 17.9. The Balaban J connectivity index is 1.42. The molecular formula is C19H26N4O4. The van der Waals surface area contributed by atoms with Crippen LogP contribution in [0.5, 0.6) is 5.88 Å². The summed E-state index contributed by atoms with van der Waals surface area (Å²) in [5.74, 6) is 1.22. The minimum Gasteiger partial charge on any atom is -0.474 e. The average Bonchev–Trinajstić information content (AvgIpc) is 3.44. The normalized spacial score (nSPS) is 21.7. The van der Waals surface area contributed by atoms with Crippen molar-refractivity contribution in [2.45, 2.75) is 45.3 Å². The Hall–Kier alpha value is -2.51. The van der Waals surface area contributed by atoms with E-state index in [0.29, 0.717) is 37.9 Å². The van der Waals surface area contributed by atoms with Crippen molar-refractivity contribution in [1.82, 2.24) is 9.88 Å². The van der Waals surface area contributed by atoms with E-state index < -0.39 is 5.60 Å². The molecule has 0 aromatic carbocycles. The Labute approximate surface area is 158 Å². The number of carbonyl (C=O) groups is 2. The maximum atomic E-state index is 12.3. The van der Waals surface area contributed by atoms with Crippen LogP contribution in [0, 0.1) is 5.92 Å². The van der Waals surface area contributed by atoms with Gasteiger partial charge in [-0.3, -0.25) is 4.79 Å². The summed E-state index contributed by atoms with van der Waals surface area (Å²) in [6.45, 7) is 7.87. The standard InChI is InChI=1S/C19H26N4O4/c1-19(2,3)27-18(25)22-8-9-23-13(10-22)11-26-17-14(23)6-7-15(21-17)20-16(24)12-4-5-12/h6-7,12-13H,4-5,8-11H2,1-3H3,(H,20,21,24)/t13-/m1/s1. The Bertz CT molecular complexity index is 757. The van der Waals surface area contributed by atoms with Crippen LogP contribution in [-0.2, 0) is 9.53 Å². The van der Waals surface area contributed by atoms with Gasteiger partial charge in [0.1, 0.15) is 23.7 Å². The van der Waals surface area contributed by atoms with Gasteiger partial charge in [0.15, 0.2) is 0 Å². The lowest BCUT2D eigenvalue weighted by Crippen LogP contribution is -2.59. The highest BCUT2D eigenvalue weighted by Crippen LogP contribution is 2.36. The van der Waals surface area contributed by atoms with Gasteiger partial charge in [0.2, 0.25) is 11.8 Å². The maximum absolute atomic E-state index is 12.3. The second kappa shape index (κ2) is 6.58. The van der Waals surface area contributed by atoms with Crippen molar-refractivity contribution in [2.24, 2.45) is 5.92 Å². The third-order valence-corrected chi connectivity index (χ3v) is 4.90. The maximum Gasteiger partial charge on any atom is 0.410 e. The Kier molecular flexibility index (Phi) is 4.36. The van der Waals surface area contributed by atoms with Crippen LogP contribution >= 0.6 is 0 Å². The molecule has 2 amide bonds. The van der Waals surface area contributed by atoms with Crippen molar-refractivity contribution >= 4 is 23.5 Å². The monoisotopic (exact) mass is 374 g/mol. The Morgan fingerprint density at radius 1 is 1.26 bits per heavy atom. The van der Waals surface area contributed by atoms with Gasteiger partial charge in [-0.25, -0.2) is 4.79 Å². The average molecular weight is 374 g/mol. The van der Waals surface area contributed by atoms with Crippen LogP contribution < -0.4 is 15.0 Å². The van der Waals surface area contributed by atoms with Crippen LogP contribution in [0.3, 0.4) is 0 Å².